The number of thiazole rings is 1. The first-order chi connectivity index (χ1) is 9.70. The number of aliphatic hydroxyl groups excluding tert-OH is 1. The first kappa shape index (κ1) is 13.3. The van der Waals surface area contributed by atoms with E-state index in [-0.39, 0.29) is 29.7 Å². The molecule has 3 rings (SSSR count). The molecule has 2 N–H and O–H groups in total. The third-order valence-electron chi connectivity index (χ3n) is 3.80. The average molecular weight is 293 g/mol. The number of fused-ring (bicyclic) bond motifs is 1. The zero-order valence-corrected chi connectivity index (χ0v) is 11.6. The fraction of sp³-hybridized carbons (Fsp3) is 0.462. The van der Waals surface area contributed by atoms with Gasteiger partial charge in [0.25, 0.3) is 11.5 Å². The molecule has 20 heavy (non-hydrogen) atoms. The molecule has 0 radical (unpaired) electrons. The maximum absolute atomic E-state index is 12.2. The van der Waals surface area contributed by atoms with Crippen LogP contribution in [0.3, 0.4) is 0 Å². The van der Waals surface area contributed by atoms with Gasteiger partial charge in [-0.25, -0.2) is 4.98 Å². The predicted octanol–water partition coefficient (Wildman–Crippen LogP) is 0.647. The molecule has 106 valence electrons. The quantitative estimate of drug-likeness (QED) is 0.870. The van der Waals surface area contributed by atoms with Gasteiger partial charge in [-0.1, -0.05) is 6.42 Å². The highest BCUT2D eigenvalue weighted by atomic mass is 32.1. The van der Waals surface area contributed by atoms with Crippen LogP contribution < -0.4 is 10.9 Å². The second-order valence-electron chi connectivity index (χ2n) is 4.99. The first-order valence-corrected chi connectivity index (χ1v) is 7.45. The summed E-state index contributed by atoms with van der Waals surface area (Å²) in [5.74, 6) is -0.326. The van der Waals surface area contributed by atoms with Crippen molar-refractivity contribution in [3.05, 3.63) is 33.7 Å². The lowest BCUT2D eigenvalue weighted by Crippen LogP contribution is -2.41. The van der Waals surface area contributed by atoms with Gasteiger partial charge in [0, 0.05) is 36.3 Å². The van der Waals surface area contributed by atoms with Crippen LogP contribution in [0.1, 0.15) is 29.6 Å². The molecule has 2 atom stereocenters. The number of hydrogen-bond acceptors (Lipinski definition) is 5. The normalized spacial score (nSPS) is 22.2. The molecule has 1 fully saturated rings. The number of carbonyl (C=O) groups excluding carboxylic acids is 1. The summed E-state index contributed by atoms with van der Waals surface area (Å²) in [7, 11) is 0. The van der Waals surface area contributed by atoms with Gasteiger partial charge < -0.3 is 10.4 Å². The maximum atomic E-state index is 12.2. The smallest absolute Gasteiger partial charge is 0.271 e. The van der Waals surface area contributed by atoms with Crippen molar-refractivity contribution < 1.29 is 9.90 Å². The predicted molar refractivity (Wildman–Crippen MR) is 75.0 cm³/mol. The van der Waals surface area contributed by atoms with Crippen molar-refractivity contribution in [2.24, 2.45) is 5.92 Å². The van der Waals surface area contributed by atoms with E-state index in [4.69, 9.17) is 0 Å². The van der Waals surface area contributed by atoms with Crippen LogP contribution >= 0.6 is 11.3 Å². The lowest BCUT2D eigenvalue weighted by molar-refractivity contribution is 0.0914. The fourth-order valence-corrected chi connectivity index (χ4v) is 3.35. The van der Waals surface area contributed by atoms with E-state index in [9.17, 15) is 14.7 Å². The van der Waals surface area contributed by atoms with Crippen molar-refractivity contribution >= 4 is 22.2 Å². The van der Waals surface area contributed by atoms with E-state index in [2.05, 4.69) is 10.3 Å². The van der Waals surface area contributed by atoms with E-state index in [1.807, 2.05) is 0 Å². The summed E-state index contributed by atoms with van der Waals surface area (Å²) in [6, 6.07) is -0.0601. The van der Waals surface area contributed by atoms with Crippen LogP contribution in [-0.4, -0.2) is 33.0 Å². The molecule has 1 saturated carbocycles. The number of nitrogens with zero attached hydrogens (tertiary/aromatic N) is 2. The summed E-state index contributed by atoms with van der Waals surface area (Å²) in [5, 5.41) is 13.9. The molecule has 0 saturated heterocycles. The SMILES string of the molecule is O=C(NC1CCCC1CO)c1cnc2sccn2c1=O. The van der Waals surface area contributed by atoms with Crippen molar-refractivity contribution in [2.45, 2.75) is 25.3 Å². The lowest BCUT2D eigenvalue weighted by atomic mass is 10.0. The molecule has 0 aliphatic heterocycles. The van der Waals surface area contributed by atoms with Gasteiger partial charge >= 0.3 is 0 Å². The molecule has 6 nitrogen and oxygen atoms in total. The minimum atomic E-state index is -0.409. The van der Waals surface area contributed by atoms with Gasteiger partial charge in [-0.2, -0.15) is 0 Å². The molecule has 1 aliphatic rings. The van der Waals surface area contributed by atoms with Gasteiger partial charge in [0.1, 0.15) is 5.56 Å². The van der Waals surface area contributed by atoms with Crippen LogP contribution in [0.5, 0.6) is 0 Å². The van der Waals surface area contributed by atoms with Crippen LogP contribution in [0.2, 0.25) is 0 Å². The maximum Gasteiger partial charge on any atom is 0.271 e. The van der Waals surface area contributed by atoms with E-state index in [0.29, 0.717) is 4.96 Å². The second kappa shape index (κ2) is 5.34. The molecule has 0 aromatic carbocycles. The third kappa shape index (κ3) is 2.23. The Hall–Kier alpha value is -1.73. The van der Waals surface area contributed by atoms with E-state index in [1.165, 1.54) is 21.9 Å². The Kier molecular flexibility index (Phi) is 3.54. The Labute approximate surface area is 119 Å². The molecule has 1 amide bonds. The van der Waals surface area contributed by atoms with Crippen LogP contribution in [0, 0.1) is 5.92 Å². The van der Waals surface area contributed by atoms with Crippen LogP contribution in [-0.2, 0) is 0 Å². The Balaban J connectivity index is 1.85. The van der Waals surface area contributed by atoms with Crippen molar-refractivity contribution in [3.8, 4) is 0 Å². The third-order valence-corrected chi connectivity index (χ3v) is 4.57. The summed E-state index contributed by atoms with van der Waals surface area (Å²) < 4.78 is 1.37. The van der Waals surface area contributed by atoms with Gasteiger partial charge in [-0.3, -0.25) is 14.0 Å². The molecule has 1 aliphatic carbocycles. The zero-order valence-electron chi connectivity index (χ0n) is 10.8. The van der Waals surface area contributed by atoms with Crippen LogP contribution in [0.4, 0.5) is 0 Å². The van der Waals surface area contributed by atoms with Gasteiger partial charge in [-0.05, 0) is 12.8 Å². The van der Waals surface area contributed by atoms with Crippen LogP contribution in [0.25, 0.3) is 4.96 Å². The van der Waals surface area contributed by atoms with Gasteiger partial charge in [0.15, 0.2) is 4.96 Å². The van der Waals surface area contributed by atoms with Gasteiger partial charge in [-0.15, -0.1) is 11.3 Å². The molecule has 2 aromatic rings. The summed E-state index contributed by atoms with van der Waals surface area (Å²) in [6.07, 6.45) is 5.66. The summed E-state index contributed by atoms with van der Waals surface area (Å²) in [6.45, 7) is 0.0613. The molecule has 2 heterocycles. The molecular formula is C13H15N3O3S. The number of hydrogen-bond donors (Lipinski definition) is 2. The minimum Gasteiger partial charge on any atom is -0.396 e. The highest BCUT2D eigenvalue weighted by molar-refractivity contribution is 7.15. The van der Waals surface area contributed by atoms with Crippen molar-refractivity contribution in [1.29, 1.82) is 0 Å². The molecule has 2 aromatic heterocycles. The number of rotatable bonds is 3. The lowest BCUT2D eigenvalue weighted by Gasteiger charge is -2.18. The van der Waals surface area contributed by atoms with Crippen molar-refractivity contribution in [2.75, 3.05) is 6.61 Å². The molecule has 0 spiro atoms. The first-order valence-electron chi connectivity index (χ1n) is 6.57. The Morgan fingerprint density at radius 2 is 2.40 bits per heavy atom. The van der Waals surface area contributed by atoms with Gasteiger partial charge in [0.05, 0.1) is 0 Å². The zero-order chi connectivity index (χ0) is 14.1. The summed E-state index contributed by atoms with van der Waals surface area (Å²) in [4.78, 5) is 29.1. The van der Waals surface area contributed by atoms with Crippen LogP contribution in [0.15, 0.2) is 22.6 Å². The van der Waals surface area contributed by atoms with Crippen molar-refractivity contribution in [3.63, 3.8) is 0 Å². The highest BCUT2D eigenvalue weighted by Gasteiger charge is 2.28. The number of amides is 1. The molecular weight excluding hydrogens is 278 g/mol. The molecule has 0 bridgehead atoms. The molecule has 2 unspecified atom stereocenters. The number of nitrogens with one attached hydrogen (secondary N) is 1. The molecule has 7 heteroatoms. The van der Waals surface area contributed by atoms with E-state index < -0.39 is 5.91 Å². The Morgan fingerprint density at radius 1 is 1.55 bits per heavy atom. The van der Waals surface area contributed by atoms with E-state index in [0.717, 1.165) is 19.3 Å². The van der Waals surface area contributed by atoms with Crippen molar-refractivity contribution in [1.82, 2.24) is 14.7 Å². The number of carbonyl (C=O) groups is 1. The van der Waals surface area contributed by atoms with E-state index in [1.54, 1.807) is 11.6 Å². The fourth-order valence-electron chi connectivity index (χ4n) is 2.67. The number of aromatic nitrogens is 2. The largest absolute Gasteiger partial charge is 0.396 e. The second-order valence-corrected chi connectivity index (χ2v) is 5.86. The summed E-state index contributed by atoms with van der Waals surface area (Å²) in [5.41, 5.74) is -0.309. The standard InChI is InChI=1S/C13H15N3O3S/c17-7-8-2-1-3-10(8)15-11(18)9-6-14-13-16(12(9)19)4-5-20-13/h4-6,8,10,17H,1-3,7H2,(H,15,18). The van der Waals surface area contributed by atoms with E-state index >= 15 is 0 Å². The Morgan fingerprint density at radius 3 is 3.20 bits per heavy atom. The number of aliphatic hydroxyl groups is 1. The monoisotopic (exact) mass is 293 g/mol. The average Bonchev–Trinajstić information content (AvgIpc) is 3.07. The summed E-state index contributed by atoms with van der Waals surface area (Å²) >= 11 is 1.35. The topological polar surface area (TPSA) is 83.7 Å². The van der Waals surface area contributed by atoms with Gasteiger partial charge in [0.2, 0.25) is 0 Å². The highest BCUT2D eigenvalue weighted by Crippen LogP contribution is 2.25. The minimum absolute atomic E-state index is 0.0458. The Bertz CT molecular complexity index is 693.